The van der Waals surface area contributed by atoms with Gasteiger partial charge in [0.2, 0.25) is 5.91 Å². The third-order valence-corrected chi connectivity index (χ3v) is 6.12. The second kappa shape index (κ2) is 8.68. The van der Waals surface area contributed by atoms with E-state index in [1.54, 1.807) is 0 Å². The van der Waals surface area contributed by atoms with Crippen molar-refractivity contribution in [2.24, 2.45) is 0 Å². The predicted molar refractivity (Wildman–Crippen MR) is 115 cm³/mol. The zero-order chi connectivity index (χ0) is 20.2. The fraction of sp³-hybridized carbons (Fsp3) is 0.417. The van der Waals surface area contributed by atoms with Crippen LogP contribution in [0.15, 0.2) is 48.5 Å². The van der Waals surface area contributed by atoms with Crippen LogP contribution in [0.1, 0.15) is 41.9 Å². The Bertz CT molecular complexity index is 878. The summed E-state index contributed by atoms with van der Waals surface area (Å²) in [5, 5.41) is 2.96. The zero-order valence-corrected chi connectivity index (χ0v) is 17.1. The molecule has 0 radical (unpaired) electrons. The van der Waals surface area contributed by atoms with Crippen molar-refractivity contribution in [2.75, 3.05) is 31.5 Å². The molecule has 1 heterocycles. The minimum absolute atomic E-state index is 0.0899. The number of nitrogens with zero attached hydrogens (tertiary/aromatic N) is 2. The van der Waals surface area contributed by atoms with Crippen LogP contribution in [0, 0.1) is 6.92 Å². The first-order valence-corrected chi connectivity index (χ1v) is 10.6. The number of anilines is 1. The number of fused-ring (bicyclic) bond motifs is 1. The second-order valence-electron chi connectivity index (χ2n) is 8.16. The summed E-state index contributed by atoms with van der Waals surface area (Å²) in [5.74, 6) is 0.551. The lowest BCUT2D eigenvalue weighted by molar-refractivity contribution is -0.131. The van der Waals surface area contributed by atoms with Crippen LogP contribution >= 0.6 is 0 Å². The van der Waals surface area contributed by atoms with Crippen LogP contribution in [0.2, 0.25) is 0 Å². The maximum atomic E-state index is 12.9. The Kier molecular flexibility index (Phi) is 5.84. The van der Waals surface area contributed by atoms with Gasteiger partial charge in [0.1, 0.15) is 0 Å². The standard InChI is InChI=1S/C24H29N3O2/c1-18-7-11-21(12-8-18)25-24(29)27-14-4-13-26(15-16-27)23(28)17-20-10-9-19-5-2-3-6-22(19)20/h2-3,5-8,11-12,20H,4,9-10,13-17H2,1H3,(H,25,29). The molecule has 1 aliphatic heterocycles. The topological polar surface area (TPSA) is 52.7 Å². The van der Waals surface area contributed by atoms with E-state index in [9.17, 15) is 9.59 Å². The highest BCUT2D eigenvalue weighted by Gasteiger charge is 2.28. The molecular formula is C24H29N3O2. The summed E-state index contributed by atoms with van der Waals surface area (Å²) in [6.07, 6.45) is 3.52. The number of amides is 3. The van der Waals surface area contributed by atoms with Crippen LogP contribution in [0.4, 0.5) is 10.5 Å². The van der Waals surface area contributed by atoms with Crippen molar-refractivity contribution in [1.29, 1.82) is 0 Å². The first kappa shape index (κ1) is 19.5. The van der Waals surface area contributed by atoms with Gasteiger partial charge in [-0.05, 0) is 55.4 Å². The number of hydrogen-bond acceptors (Lipinski definition) is 2. The minimum Gasteiger partial charge on any atom is -0.341 e. The van der Waals surface area contributed by atoms with Crippen LogP contribution in [0.5, 0.6) is 0 Å². The number of hydrogen-bond donors (Lipinski definition) is 1. The highest BCUT2D eigenvalue weighted by atomic mass is 16.2. The lowest BCUT2D eigenvalue weighted by atomic mass is 9.97. The number of carbonyl (C=O) groups is 2. The van der Waals surface area contributed by atoms with Gasteiger partial charge < -0.3 is 15.1 Å². The Morgan fingerprint density at radius 3 is 2.52 bits per heavy atom. The van der Waals surface area contributed by atoms with Crippen LogP contribution in [0.25, 0.3) is 0 Å². The van der Waals surface area contributed by atoms with Crippen molar-refractivity contribution in [3.8, 4) is 0 Å². The van der Waals surface area contributed by atoms with E-state index in [2.05, 4.69) is 29.6 Å². The SMILES string of the molecule is Cc1ccc(NC(=O)N2CCCN(C(=O)CC3CCc4ccccc43)CC2)cc1. The Balaban J connectivity index is 1.31. The van der Waals surface area contributed by atoms with Crippen molar-refractivity contribution < 1.29 is 9.59 Å². The van der Waals surface area contributed by atoms with Gasteiger partial charge in [-0.25, -0.2) is 4.79 Å². The molecule has 5 heteroatoms. The third-order valence-electron chi connectivity index (χ3n) is 6.12. The Hall–Kier alpha value is -2.82. The van der Waals surface area contributed by atoms with Gasteiger partial charge in [0.05, 0.1) is 0 Å². The van der Waals surface area contributed by atoms with E-state index in [0.29, 0.717) is 32.0 Å². The maximum absolute atomic E-state index is 12.9. The molecular weight excluding hydrogens is 362 g/mol. The fourth-order valence-corrected chi connectivity index (χ4v) is 4.41. The summed E-state index contributed by atoms with van der Waals surface area (Å²) in [5.41, 5.74) is 4.70. The average Bonchev–Trinajstić information content (AvgIpc) is 2.96. The number of aryl methyl sites for hydroxylation is 2. The van der Waals surface area contributed by atoms with Gasteiger partial charge in [-0.3, -0.25) is 4.79 Å². The number of urea groups is 1. The van der Waals surface area contributed by atoms with Gasteiger partial charge in [-0.2, -0.15) is 0 Å². The quantitative estimate of drug-likeness (QED) is 0.853. The molecule has 1 unspecified atom stereocenters. The molecule has 0 bridgehead atoms. The summed E-state index contributed by atoms with van der Waals surface area (Å²) in [4.78, 5) is 29.3. The van der Waals surface area contributed by atoms with Crippen LogP contribution < -0.4 is 5.32 Å². The monoisotopic (exact) mass is 391 g/mol. The van der Waals surface area contributed by atoms with E-state index in [1.807, 2.05) is 41.0 Å². The Labute approximate surface area is 172 Å². The van der Waals surface area contributed by atoms with E-state index in [-0.39, 0.29) is 11.9 Å². The van der Waals surface area contributed by atoms with Gasteiger partial charge in [-0.1, -0.05) is 42.0 Å². The third kappa shape index (κ3) is 4.61. The largest absolute Gasteiger partial charge is 0.341 e. The van der Waals surface area contributed by atoms with E-state index < -0.39 is 0 Å². The van der Waals surface area contributed by atoms with Crippen molar-refractivity contribution in [2.45, 2.75) is 38.5 Å². The molecule has 1 fully saturated rings. The molecule has 0 aromatic heterocycles. The summed E-state index contributed by atoms with van der Waals surface area (Å²) in [7, 11) is 0. The number of rotatable bonds is 3. The van der Waals surface area contributed by atoms with Crippen molar-refractivity contribution in [1.82, 2.24) is 9.80 Å². The Morgan fingerprint density at radius 1 is 0.966 bits per heavy atom. The number of benzene rings is 2. The van der Waals surface area contributed by atoms with E-state index >= 15 is 0 Å². The van der Waals surface area contributed by atoms with Crippen LogP contribution in [-0.4, -0.2) is 47.9 Å². The fourth-order valence-electron chi connectivity index (χ4n) is 4.41. The molecule has 4 rings (SSSR count). The normalized spacial score (nSPS) is 18.9. The molecule has 29 heavy (non-hydrogen) atoms. The molecule has 1 atom stereocenters. The van der Waals surface area contributed by atoms with Gasteiger partial charge >= 0.3 is 6.03 Å². The number of nitrogens with one attached hydrogen (secondary N) is 1. The molecule has 0 spiro atoms. The molecule has 5 nitrogen and oxygen atoms in total. The summed E-state index contributed by atoms with van der Waals surface area (Å²) < 4.78 is 0. The molecule has 1 saturated heterocycles. The minimum atomic E-state index is -0.0899. The van der Waals surface area contributed by atoms with Crippen molar-refractivity contribution in [3.63, 3.8) is 0 Å². The van der Waals surface area contributed by atoms with Crippen LogP contribution in [0.3, 0.4) is 0 Å². The maximum Gasteiger partial charge on any atom is 0.321 e. The lowest BCUT2D eigenvalue weighted by Crippen LogP contribution is -2.39. The highest BCUT2D eigenvalue weighted by Crippen LogP contribution is 2.35. The van der Waals surface area contributed by atoms with Gasteiger partial charge in [0.25, 0.3) is 0 Å². The van der Waals surface area contributed by atoms with Gasteiger partial charge in [0.15, 0.2) is 0 Å². The number of carbonyl (C=O) groups excluding carboxylic acids is 2. The predicted octanol–water partition coefficient (Wildman–Crippen LogP) is 4.18. The second-order valence-corrected chi connectivity index (χ2v) is 8.16. The first-order chi connectivity index (χ1) is 14.1. The van der Waals surface area contributed by atoms with E-state index in [4.69, 9.17) is 0 Å². The van der Waals surface area contributed by atoms with Crippen molar-refractivity contribution >= 4 is 17.6 Å². The van der Waals surface area contributed by atoms with Gasteiger partial charge in [-0.15, -0.1) is 0 Å². The highest BCUT2D eigenvalue weighted by molar-refractivity contribution is 5.89. The smallest absolute Gasteiger partial charge is 0.321 e. The molecule has 2 aromatic rings. The van der Waals surface area contributed by atoms with E-state index in [0.717, 1.165) is 37.1 Å². The molecule has 1 aliphatic carbocycles. The van der Waals surface area contributed by atoms with E-state index in [1.165, 1.54) is 11.1 Å². The summed E-state index contributed by atoms with van der Waals surface area (Å²) in [6.45, 7) is 4.60. The van der Waals surface area contributed by atoms with Crippen molar-refractivity contribution in [3.05, 3.63) is 65.2 Å². The molecule has 152 valence electrons. The van der Waals surface area contributed by atoms with Gasteiger partial charge in [0, 0.05) is 38.3 Å². The molecule has 2 aromatic carbocycles. The zero-order valence-electron chi connectivity index (χ0n) is 17.1. The first-order valence-electron chi connectivity index (χ1n) is 10.6. The lowest BCUT2D eigenvalue weighted by Gasteiger charge is -2.24. The summed E-state index contributed by atoms with van der Waals surface area (Å²) in [6, 6.07) is 16.2. The molecule has 0 saturated carbocycles. The molecule has 2 aliphatic rings. The Morgan fingerprint density at radius 2 is 1.69 bits per heavy atom. The molecule has 1 N–H and O–H groups in total. The molecule has 3 amide bonds. The summed E-state index contributed by atoms with van der Waals surface area (Å²) >= 11 is 0. The average molecular weight is 392 g/mol. The van der Waals surface area contributed by atoms with Crippen LogP contribution in [-0.2, 0) is 11.2 Å².